The van der Waals surface area contributed by atoms with Crippen LogP contribution in [0.15, 0.2) is 48.5 Å². The molecule has 6 nitrogen and oxygen atoms in total. The Morgan fingerprint density at radius 2 is 2.08 bits per heavy atom. The fourth-order valence-corrected chi connectivity index (χ4v) is 3.42. The molecule has 0 radical (unpaired) electrons. The smallest absolute Gasteiger partial charge is 0.271 e. The van der Waals surface area contributed by atoms with Crippen LogP contribution in [-0.4, -0.2) is 29.3 Å². The van der Waals surface area contributed by atoms with Gasteiger partial charge in [0.2, 0.25) is 5.91 Å². The summed E-state index contributed by atoms with van der Waals surface area (Å²) in [5, 5.41) is 13.6. The largest absolute Gasteiger partial charge is 0.325 e. The fourth-order valence-electron chi connectivity index (χ4n) is 3.42. The predicted octanol–water partition coefficient (Wildman–Crippen LogP) is 3.54. The summed E-state index contributed by atoms with van der Waals surface area (Å²) in [7, 11) is 1.94. The molecule has 0 bridgehead atoms. The monoisotopic (exact) mass is 339 g/mol. The fraction of sp³-hybridized carbons (Fsp3) is 0.316. The Bertz CT molecular complexity index is 791. The highest BCUT2D eigenvalue weighted by Gasteiger charge is 2.24. The number of carbonyl (C=O) groups excluding carboxylic acids is 1. The highest BCUT2D eigenvalue weighted by molar-refractivity contribution is 5.92. The maximum absolute atomic E-state index is 12.3. The Kier molecular flexibility index (Phi) is 5.09. The quantitative estimate of drug-likeness (QED) is 0.668. The molecule has 0 saturated heterocycles. The third-order valence-electron chi connectivity index (χ3n) is 4.60. The Morgan fingerprint density at radius 1 is 1.28 bits per heavy atom. The van der Waals surface area contributed by atoms with Gasteiger partial charge < -0.3 is 5.32 Å². The normalized spacial score (nSPS) is 16.3. The molecule has 6 heteroatoms. The van der Waals surface area contributed by atoms with E-state index in [2.05, 4.69) is 23.5 Å². The number of non-ortho nitro benzene ring substituents is 1. The van der Waals surface area contributed by atoms with E-state index in [0.717, 1.165) is 19.3 Å². The van der Waals surface area contributed by atoms with Crippen molar-refractivity contribution in [2.45, 2.75) is 25.3 Å². The van der Waals surface area contributed by atoms with Gasteiger partial charge in [-0.2, -0.15) is 0 Å². The van der Waals surface area contributed by atoms with Crippen LogP contribution in [-0.2, 0) is 11.2 Å². The number of hydrogen-bond acceptors (Lipinski definition) is 4. The van der Waals surface area contributed by atoms with Crippen LogP contribution in [0.4, 0.5) is 11.4 Å². The number of carbonyl (C=O) groups is 1. The Labute approximate surface area is 146 Å². The number of nitrogens with zero attached hydrogens (tertiary/aromatic N) is 2. The summed E-state index contributed by atoms with van der Waals surface area (Å²) < 4.78 is 0. The molecule has 0 heterocycles. The number of aryl methyl sites for hydroxylation is 1. The first-order chi connectivity index (χ1) is 12.0. The van der Waals surface area contributed by atoms with Gasteiger partial charge in [0.1, 0.15) is 0 Å². The zero-order chi connectivity index (χ0) is 17.8. The zero-order valence-corrected chi connectivity index (χ0v) is 14.1. The van der Waals surface area contributed by atoms with Gasteiger partial charge in [0.25, 0.3) is 5.69 Å². The van der Waals surface area contributed by atoms with E-state index < -0.39 is 4.92 Å². The number of rotatable bonds is 5. The number of nitro groups is 1. The molecule has 3 rings (SSSR count). The summed E-state index contributed by atoms with van der Waals surface area (Å²) in [6.07, 6.45) is 3.22. The van der Waals surface area contributed by atoms with Gasteiger partial charge in [-0.05, 0) is 43.5 Å². The maximum Gasteiger partial charge on any atom is 0.271 e. The Hall–Kier alpha value is -2.73. The summed E-state index contributed by atoms with van der Waals surface area (Å²) >= 11 is 0. The lowest BCUT2D eigenvalue weighted by molar-refractivity contribution is -0.384. The van der Waals surface area contributed by atoms with Gasteiger partial charge in [0, 0.05) is 23.9 Å². The van der Waals surface area contributed by atoms with Crippen molar-refractivity contribution in [3.8, 4) is 0 Å². The number of fused-ring (bicyclic) bond motifs is 1. The number of benzene rings is 2. The van der Waals surface area contributed by atoms with Crippen LogP contribution in [0.2, 0.25) is 0 Å². The molecule has 1 aliphatic rings. The molecule has 0 aromatic heterocycles. The van der Waals surface area contributed by atoms with Crippen molar-refractivity contribution in [3.63, 3.8) is 0 Å². The average molecular weight is 339 g/mol. The van der Waals surface area contributed by atoms with Gasteiger partial charge in [-0.15, -0.1) is 0 Å². The lowest BCUT2D eigenvalue weighted by Gasteiger charge is -2.32. The van der Waals surface area contributed by atoms with Crippen molar-refractivity contribution in [2.75, 3.05) is 18.9 Å². The van der Waals surface area contributed by atoms with E-state index in [4.69, 9.17) is 0 Å². The molecule has 25 heavy (non-hydrogen) atoms. The SMILES string of the molecule is CN(CC(=O)Nc1cccc([N+](=O)[O-])c1)[C@H]1CCCc2ccccc21. The first kappa shape index (κ1) is 17.1. The van der Waals surface area contributed by atoms with Crippen LogP contribution in [0, 0.1) is 10.1 Å². The van der Waals surface area contributed by atoms with Crippen LogP contribution >= 0.6 is 0 Å². The molecule has 0 fully saturated rings. The van der Waals surface area contributed by atoms with Gasteiger partial charge in [0.15, 0.2) is 0 Å². The lowest BCUT2D eigenvalue weighted by Crippen LogP contribution is -2.34. The molecule has 2 aromatic rings. The molecule has 0 unspecified atom stereocenters. The minimum atomic E-state index is -0.471. The Morgan fingerprint density at radius 3 is 2.88 bits per heavy atom. The third kappa shape index (κ3) is 4.03. The van der Waals surface area contributed by atoms with E-state index in [1.807, 2.05) is 18.0 Å². The summed E-state index contributed by atoms with van der Waals surface area (Å²) in [6.45, 7) is 0.238. The van der Waals surface area contributed by atoms with Crippen molar-refractivity contribution >= 4 is 17.3 Å². The van der Waals surface area contributed by atoms with Crippen molar-refractivity contribution in [1.29, 1.82) is 0 Å². The van der Waals surface area contributed by atoms with E-state index in [1.54, 1.807) is 12.1 Å². The second-order valence-electron chi connectivity index (χ2n) is 6.38. The maximum atomic E-state index is 12.3. The van der Waals surface area contributed by atoms with Gasteiger partial charge >= 0.3 is 0 Å². The standard InChI is InChI=1S/C19H21N3O3/c1-21(18-11-4-7-14-6-2-3-10-17(14)18)13-19(23)20-15-8-5-9-16(12-15)22(24)25/h2-3,5-6,8-10,12,18H,4,7,11,13H2,1H3,(H,20,23)/t18-/m0/s1. The molecule has 0 saturated carbocycles. The van der Waals surface area contributed by atoms with Gasteiger partial charge in [-0.25, -0.2) is 0 Å². The summed E-state index contributed by atoms with van der Waals surface area (Å²) in [5.41, 5.74) is 3.05. The van der Waals surface area contributed by atoms with Crippen molar-refractivity contribution in [1.82, 2.24) is 4.90 Å². The molecule has 1 amide bonds. The van der Waals surface area contributed by atoms with Crippen LogP contribution in [0.3, 0.4) is 0 Å². The Balaban J connectivity index is 1.65. The molecular formula is C19H21N3O3. The summed E-state index contributed by atoms with van der Waals surface area (Å²) in [4.78, 5) is 24.7. The molecule has 0 aliphatic heterocycles. The number of likely N-dealkylation sites (N-methyl/N-ethyl adjacent to an activating group) is 1. The lowest BCUT2D eigenvalue weighted by atomic mass is 9.87. The van der Waals surface area contributed by atoms with Crippen LogP contribution in [0.1, 0.15) is 30.0 Å². The van der Waals surface area contributed by atoms with E-state index in [-0.39, 0.29) is 24.2 Å². The zero-order valence-electron chi connectivity index (χ0n) is 14.1. The number of hydrogen-bond donors (Lipinski definition) is 1. The van der Waals surface area contributed by atoms with Crippen molar-refractivity contribution < 1.29 is 9.72 Å². The minimum Gasteiger partial charge on any atom is -0.325 e. The second kappa shape index (κ2) is 7.44. The third-order valence-corrected chi connectivity index (χ3v) is 4.60. The van der Waals surface area contributed by atoms with E-state index >= 15 is 0 Å². The molecule has 1 aliphatic carbocycles. The summed E-state index contributed by atoms with van der Waals surface area (Å²) in [5.74, 6) is -0.175. The van der Waals surface area contributed by atoms with Crippen LogP contribution in [0.25, 0.3) is 0 Å². The summed E-state index contributed by atoms with van der Waals surface area (Å²) in [6, 6.07) is 14.6. The van der Waals surface area contributed by atoms with Crippen LogP contribution in [0.5, 0.6) is 0 Å². The van der Waals surface area contributed by atoms with E-state index in [1.165, 1.54) is 23.3 Å². The topological polar surface area (TPSA) is 75.5 Å². The number of nitro benzene ring substituents is 1. The van der Waals surface area contributed by atoms with Crippen molar-refractivity contribution in [3.05, 3.63) is 69.8 Å². The second-order valence-corrected chi connectivity index (χ2v) is 6.38. The van der Waals surface area contributed by atoms with E-state index in [0.29, 0.717) is 5.69 Å². The molecule has 2 aromatic carbocycles. The number of anilines is 1. The van der Waals surface area contributed by atoms with Gasteiger partial charge in [-0.1, -0.05) is 30.3 Å². The molecule has 1 N–H and O–H groups in total. The minimum absolute atomic E-state index is 0.0348. The highest BCUT2D eigenvalue weighted by atomic mass is 16.6. The first-order valence-electron chi connectivity index (χ1n) is 8.37. The number of nitrogens with one attached hydrogen (secondary N) is 1. The average Bonchev–Trinajstić information content (AvgIpc) is 2.61. The van der Waals surface area contributed by atoms with Gasteiger partial charge in [-0.3, -0.25) is 19.8 Å². The molecule has 0 spiro atoms. The molecular weight excluding hydrogens is 318 g/mol. The predicted molar refractivity (Wildman–Crippen MR) is 96.5 cm³/mol. The van der Waals surface area contributed by atoms with Crippen molar-refractivity contribution in [2.24, 2.45) is 0 Å². The molecule has 130 valence electrons. The van der Waals surface area contributed by atoms with Crippen LogP contribution < -0.4 is 5.32 Å². The first-order valence-corrected chi connectivity index (χ1v) is 8.37. The molecule has 1 atom stereocenters. The highest BCUT2D eigenvalue weighted by Crippen LogP contribution is 2.33. The van der Waals surface area contributed by atoms with Gasteiger partial charge in [0.05, 0.1) is 11.5 Å². The van der Waals surface area contributed by atoms with E-state index in [9.17, 15) is 14.9 Å². The number of amides is 1.